The van der Waals surface area contributed by atoms with Crippen molar-refractivity contribution in [2.24, 2.45) is 5.92 Å². The van der Waals surface area contributed by atoms with E-state index in [4.69, 9.17) is 9.47 Å². The smallest absolute Gasteiger partial charge is 0.311 e. The van der Waals surface area contributed by atoms with Gasteiger partial charge in [-0.05, 0) is 35.4 Å². The number of halogens is 1. The Kier molecular flexibility index (Phi) is 5.66. The largest absolute Gasteiger partial charge is 0.497 e. The van der Waals surface area contributed by atoms with Crippen LogP contribution in [0.5, 0.6) is 11.5 Å². The molecular weight excluding hydrogens is 552 g/mol. The van der Waals surface area contributed by atoms with Crippen LogP contribution in [0.2, 0.25) is 0 Å². The number of fused-ring (bicyclic) bond motifs is 4. The third kappa shape index (κ3) is 3.42. The zero-order valence-electron chi connectivity index (χ0n) is 20.2. The molecule has 1 unspecified atom stereocenters. The van der Waals surface area contributed by atoms with Crippen molar-refractivity contribution in [2.75, 3.05) is 7.11 Å². The number of aliphatic hydroxyl groups is 1. The number of methoxy groups -OCH3 is 1. The Bertz CT molecular complexity index is 1540. The number of rotatable bonds is 6. The van der Waals surface area contributed by atoms with Gasteiger partial charge in [0.05, 0.1) is 25.8 Å². The van der Waals surface area contributed by atoms with Crippen LogP contribution >= 0.6 is 15.9 Å². The first-order chi connectivity index (χ1) is 18.3. The maximum atomic E-state index is 14.3. The molecule has 1 fully saturated rings. The first kappa shape index (κ1) is 24.4. The van der Waals surface area contributed by atoms with Gasteiger partial charge in [0.25, 0.3) is 0 Å². The van der Waals surface area contributed by atoms with Gasteiger partial charge >= 0.3 is 5.97 Å². The Hall–Kier alpha value is -3.95. The fourth-order valence-electron chi connectivity index (χ4n) is 5.80. The molecule has 0 amide bonds. The average molecular weight is 575 g/mol. The van der Waals surface area contributed by atoms with Gasteiger partial charge in [-0.25, -0.2) is 0 Å². The van der Waals surface area contributed by atoms with E-state index in [0.717, 1.165) is 10.0 Å². The Morgan fingerprint density at radius 3 is 2.39 bits per heavy atom. The normalized spacial score (nSPS) is 25.5. The Morgan fingerprint density at radius 1 is 1.08 bits per heavy atom. The summed E-state index contributed by atoms with van der Waals surface area (Å²) >= 11 is 3.42. The number of carboxylic acid groups (broad SMARTS) is 1. The van der Waals surface area contributed by atoms with Gasteiger partial charge in [-0.1, -0.05) is 70.5 Å². The summed E-state index contributed by atoms with van der Waals surface area (Å²) in [6.07, 6.45) is 1.61. The van der Waals surface area contributed by atoms with E-state index in [1.54, 1.807) is 66.5 Å². The minimum atomic E-state index is -2.40. The molecule has 2 aliphatic rings. The predicted octanol–water partition coefficient (Wildman–Crippen LogP) is 4.25. The Balaban J connectivity index is 1.54. The van der Waals surface area contributed by atoms with E-state index >= 15 is 0 Å². The molecule has 4 aromatic rings. The van der Waals surface area contributed by atoms with Gasteiger partial charge < -0.3 is 19.7 Å². The highest BCUT2D eigenvalue weighted by Gasteiger charge is 2.77. The van der Waals surface area contributed by atoms with Gasteiger partial charge in [-0.3, -0.25) is 14.3 Å². The lowest BCUT2D eigenvalue weighted by Gasteiger charge is -2.37. The van der Waals surface area contributed by atoms with Crippen LogP contribution in [0, 0.1) is 5.92 Å². The molecule has 2 N–H and O–H groups in total. The van der Waals surface area contributed by atoms with Gasteiger partial charge in [0.15, 0.2) is 11.4 Å². The second-order valence-electron chi connectivity index (χ2n) is 9.53. The van der Waals surface area contributed by atoms with Gasteiger partial charge in [0.1, 0.15) is 17.4 Å². The first-order valence-electron chi connectivity index (χ1n) is 12.0. The second kappa shape index (κ2) is 8.82. The number of carboxylic acids is 1. The number of nitrogens with zero attached hydrogens (tertiary/aromatic N) is 2. The number of Topliss-reactive ketones (excluding diaryl/α,β-unsaturated/α-hetero) is 1. The third-order valence-electron chi connectivity index (χ3n) is 7.47. The number of benzene rings is 3. The van der Waals surface area contributed by atoms with Crippen molar-refractivity contribution in [1.29, 1.82) is 0 Å². The molecule has 9 heteroatoms. The standard InChI is InChI=1S/C29H23BrN2O6/c1-37-21-13-7-17(8-14-21)15-32-16-22-25(31-32)28(36)24(26(33)34)23(18-5-3-2-4-6-18)29(38-22,27(28)35)19-9-11-20(30)12-10-19/h2-14,16,23-24,36H,15H2,1H3,(H,33,34)/t23-,24-,28-,29?/m1/s1. The monoisotopic (exact) mass is 574 g/mol. The van der Waals surface area contributed by atoms with Crippen LogP contribution < -0.4 is 9.47 Å². The Labute approximate surface area is 226 Å². The fourth-order valence-corrected chi connectivity index (χ4v) is 6.06. The minimum absolute atomic E-state index is 0.0884. The molecule has 0 saturated heterocycles. The lowest BCUT2D eigenvalue weighted by Crippen LogP contribution is -2.51. The molecule has 1 saturated carbocycles. The summed E-state index contributed by atoms with van der Waals surface area (Å²) in [6, 6.07) is 23.2. The van der Waals surface area contributed by atoms with Gasteiger partial charge in [-0.15, -0.1) is 0 Å². The number of aliphatic carboxylic acids is 1. The molecule has 3 aromatic carbocycles. The number of carbonyl (C=O) groups is 2. The molecule has 1 aliphatic heterocycles. The van der Waals surface area contributed by atoms with Crippen molar-refractivity contribution < 1.29 is 29.3 Å². The van der Waals surface area contributed by atoms with Crippen LogP contribution in [0.1, 0.15) is 28.3 Å². The van der Waals surface area contributed by atoms with Crippen molar-refractivity contribution in [1.82, 2.24) is 9.78 Å². The molecule has 0 spiro atoms. The average Bonchev–Trinajstić information content (AvgIpc) is 3.38. The molecule has 8 nitrogen and oxygen atoms in total. The van der Waals surface area contributed by atoms with E-state index in [1.165, 1.54) is 0 Å². The highest BCUT2D eigenvalue weighted by molar-refractivity contribution is 9.10. The van der Waals surface area contributed by atoms with E-state index in [2.05, 4.69) is 21.0 Å². The van der Waals surface area contributed by atoms with Crippen molar-refractivity contribution in [2.45, 2.75) is 23.7 Å². The van der Waals surface area contributed by atoms with E-state index in [9.17, 15) is 19.8 Å². The molecular formula is C29H23BrN2O6. The number of ether oxygens (including phenoxy) is 2. The van der Waals surface area contributed by atoms with E-state index in [1.807, 2.05) is 30.3 Å². The quantitative estimate of drug-likeness (QED) is 0.354. The summed E-state index contributed by atoms with van der Waals surface area (Å²) in [6.45, 7) is 0.315. The lowest BCUT2D eigenvalue weighted by molar-refractivity contribution is -0.161. The Morgan fingerprint density at radius 2 is 1.76 bits per heavy atom. The summed E-state index contributed by atoms with van der Waals surface area (Å²) in [7, 11) is 1.59. The molecule has 192 valence electrons. The molecule has 6 rings (SSSR count). The molecule has 2 heterocycles. The minimum Gasteiger partial charge on any atom is -0.497 e. The predicted molar refractivity (Wildman–Crippen MR) is 140 cm³/mol. The summed E-state index contributed by atoms with van der Waals surface area (Å²) in [5.74, 6) is -3.71. The van der Waals surface area contributed by atoms with E-state index < -0.39 is 34.8 Å². The summed E-state index contributed by atoms with van der Waals surface area (Å²) in [4.78, 5) is 27.2. The molecule has 2 bridgehead atoms. The number of aromatic nitrogens is 2. The van der Waals surface area contributed by atoms with E-state index in [0.29, 0.717) is 23.4 Å². The molecule has 1 aromatic heterocycles. The van der Waals surface area contributed by atoms with E-state index in [-0.39, 0.29) is 11.4 Å². The van der Waals surface area contributed by atoms with Crippen molar-refractivity contribution in [3.05, 3.63) is 112 Å². The number of ketones is 1. The zero-order valence-corrected chi connectivity index (χ0v) is 21.8. The highest BCUT2D eigenvalue weighted by atomic mass is 79.9. The van der Waals surface area contributed by atoms with Crippen LogP contribution in [0.4, 0.5) is 0 Å². The molecule has 4 atom stereocenters. The summed E-state index contributed by atoms with van der Waals surface area (Å²) < 4.78 is 14.1. The molecule has 1 aliphatic carbocycles. The van der Waals surface area contributed by atoms with Crippen molar-refractivity contribution >= 4 is 27.7 Å². The zero-order chi connectivity index (χ0) is 26.7. The van der Waals surface area contributed by atoms with Crippen molar-refractivity contribution in [3.63, 3.8) is 0 Å². The summed E-state index contributed by atoms with van der Waals surface area (Å²) in [5.41, 5.74) is -2.35. The highest BCUT2D eigenvalue weighted by Crippen LogP contribution is 2.64. The van der Waals surface area contributed by atoms with Crippen LogP contribution in [-0.2, 0) is 27.3 Å². The topological polar surface area (TPSA) is 111 Å². The third-order valence-corrected chi connectivity index (χ3v) is 8.00. The maximum absolute atomic E-state index is 14.3. The fraction of sp³-hybridized carbons (Fsp3) is 0.207. The molecule has 0 radical (unpaired) electrons. The van der Waals surface area contributed by atoms with Crippen LogP contribution in [0.25, 0.3) is 0 Å². The van der Waals surface area contributed by atoms with Crippen LogP contribution in [0.15, 0.2) is 89.5 Å². The number of hydrogen-bond donors (Lipinski definition) is 2. The lowest BCUT2D eigenvalue weighted by atomic mass is 9.75. The van der Waals surface area contributed by atoms with Crippen LogP contribution in [-0.4, -0.2) is 38.9 Å². The summed E-state index contributed by atoms with van der Waals surface area (Å²) in [5, 5.41) is 27.1. The van der Waals surface area contributed by atoms with Crippen LogP contribution in [0.3, 0.4) is 0 Å². The SMILES string of the molecule is COc1ccc(Cn2cc3c(n2)[C@@]2(O)C(=O)C(c4ccc(Br)cc4)(O3)[C@H](c3ccccc3)[C@@H]2C(=O)O)cc1. The molecule has 38 heavy (non-hydrogen) atoms. The first-order valence-corrected chi connectivity index (χ1v) is 12.8. The van der Waals surface area contributed by atoms with Crippen molar-refractivity contribution in [3.8, 4) is 11.5 Å². The number of hydrogen-bond acceptors (Lipinski definition) is 6. The van der Waals surface area contributed by atoms with Gasteiger partial charge in [0.2, 0.25) is 11.4 Å². The maximum Gasteiger partial charge on any atom is 0.311 e. The number of carbonyl (C=O) groups excluding carboxylic acids is 1. The second-order valence-corrected chi connectivity index (χ2v) is 10.4. The van der Waals surface area contributed by atoms with Gasteiger partial charge in [-0.2, -0.15) is 5.10 Å². The van der Waals surface area contributed by atoms with Gasteiger partial charge in [0, 0.05) is 10.0 Å².